The van der Waals surface area contributed by atoms with Gasteiger partial charge in [0, 0.05) is 25.4 Å². The molecule has 1 fully saturated rings. The standard InChI is InChI=1S/C24H24Cl2N4O3S2/c1-14(16-13-34-22(21(16)31)15-4-5-17(25)18(26)12-15)28-29-24(33)20-7-6-19(35-20)23(32)27-8-11-30-9-2-3-10-30/h4-7,12-13,31H,2-3,8-11H2,1H3,(H,27,32)(H,29,33)/p+1/b28-14+. The van der Waals surface area contributed by atoms with Gasteiger partial charge in [-0.1, -0.05) is 29.3 Å². The molecule has 0 unspecified atom stereocenters. The Bertz CT molecular complexity index is 1270. The monoisotopic (exact) mass is 551 g/mol. The molecule has 3 heterocycles. The normalized spacial score (nSPS) is 14.3. The molecule has 35 heavy (non-hydrogen) atoms. The molecule has 0 spiro atoms. The number of nitrogens with one attached hydrogen (secondary N) is 3. The molecule has 1 aliphatic rings. The number of rotatable bonds is 8. The Hall–Kier alpha value is -2.43. The number of halogens is 2. The zero-order valence-corrected chi connectivity index (χ0v) is 22.1. The van der Waals surface area contributed by atoms with Crippen LogP contribution >= 0.6 is 45.9 Å². The summed E-state index contributed by atoms with van der Waals surface area (Å²) < 4.78 is 0. The number of thiophene rings is 2. The molecule has 3 aromatic rings. The summed E-state index contributed by atoms with van der Waals surface area (Å²) in [6.45, 7) is 5.34. The van der Waals surface area contributed by atoms with Crippen molar-refractivity contribution in [3.8, 4) is 16.2 Å². The predicted octanol–water partition coefficient (Wildman–Crippen LogP) is 3.55. The lowest BCUT2D eigenvalue weighted by Gasteiger charge is -2.14. The maximum atomic E-state index is 12.6. The minimum Gasteiger partial charge on any atom is -0.506 e. The minimum absolute atomic E-state index is 0.0802. The van der Waals surface area contributed by atoms with E-state index in [-0.39, 0.29) is 17.6 Å². The van der Waals surface area contributed by atoms with Gasteiger partial charge in [-0.3, -0.25) is 9.59 Å². The summed E-state index contributed by atoms with van der Waals surface area (Å²) >= 11 is 14.6. The van der Waals surface area contributed by atoms with Crippen molar-refractivity contribution in [2.45, 2.75) is 19.8 Å². The highest BCUT2D eigenvalue weighted by Gasteiger charge is 2.20. The van der Waals surface area contributed by atoms with E-state index in [1.54, 1.807) is 42.6 Å². The summed E-state index contributed by atoms with van der Waals surface area (Å²) in [6.07, 6.45) is 2.43. The van der Waals surface area contributed by atoms with Gasteiger partial charge in [-0.2, -0.15) is 0 Å². The average molecular weight is 553 g/mol. The number of aromatic hydroxyl groups is 1. The van der Waals surface area contributed by atoms with E-state index in [0.717, 1.165) is 36.5 Å². The van der Waals surface area contributed by atoms with Crippen LogP contribution in [-0.4, -0.2) is 53.7 Å². The van der Waals surface area contributed by atoms with Gasteiger partial charge in [-0.15, -0.1) is 33.2 Å². The average Bonchev–Trinajstić information content (AvgIpc) is 3.60. The maximum absolute atomic E-state index is 12.6. The first-order valence-corrected chi connectivity index (χ1v) is 13.5. The van der Waals surface area contributed by atoms with Crippen molar-refractivity contribution in [1.29, 1.82) is 0 Å². The summed E-state index contributed by atoms with van der Waals surface area (Å²) in [5.41, 5.74) is 4.49. The fourth-order valence-electron chi connectivity index (χ4n) is 3.74. The van der Waals surface area contributed by atoms with E-state index in [2.05, 4.69) is 20.7 Å². The Morgan fingerprint density at radius 1 is 1.09 bits per heavy atom. The van der Waals surface area contributed by atoms with Gasteiger partial charge in [0.1, 0.15) is 5.75 Å². The molecule has 7 nitrogen and oxygen atoms in total. The van der Waals surface area contributed by atoms with Gasteiger partial charge >= 0.3 is 5.91 Å². The molecule has 0 atom stereocenters. The molecule has 0 bridgehead atoms. The third-order valence-corrected chi connectivity index (χ3v) is 8.52. The number of carbonyl (C=O) groups is 2. The van der Waals surface area contributed by atoms with Crippen LogP contribution in [0.25, 0.3) is 10.4 Å². The van der Waals surface area contributed by atoms with E-state index < -0.39 is 0 Å². The van der Waals surface area contributed by atoms with Gasteiger partial charge in [-0.05, 0) is 55.8 Å². The van der Waals surface area contributed by atoms with Crippen LogP contribution < -0.4 is 15.8 Å². The fraction of sp³-hybridized carbons (Fsp3) is 0.292. The molecule has 0 saturated carbocycles. The van der Waals surface area contributed by atoms with Crippen LogP contribution in [0.2, 0.25) is 10.0 Å². The number of hydrogen-bond donors (Lipinski definition) is 4. The highest BCUT2D eigenvalue weighted by Crippen LogP contribution is 2.40. The van der Waals surface area contributed by atoms with Crippen LogP contribution in [0.15, 0.2) is 35.7 Å². The fourth-order valence-corrected chi connectivity index (χ4v) is 5.87. The van der Waals surface area contributed by atoms with E-state index >= 15 is 0 Å². The lowest BCUT2D eigenvalue weighted by Crippen LogP contribution is -2.84. The molecule has 2 aromatic heterocycles. The lowest BCUT2D eigenvalue weighted by atomic mass is 10.1. The Kier molecular flexibility index (Phi) is 8.46. The number of benzene rings is 1. The van der Waals surface area contributed by atoms with Crippen molar-refractivity contribution in [3.63, 3.8) is 0 Å². The molecule has 4 rings (SSSR count). The van der Waals surface area contributed by atoms with Gasteiger partial charge in [0.15, 0.2) is 0 Å². The SMILES string of the molecule is C/C(=[NH+]\NC(=O)c1ccc(C(=O)NCCN2CCCC2)s1)c1csc(-c2ccc(Cl)c(Cl)c2)c1O. The Balaban J connectivity index is 1.35. The summed E-state index contributed by atoms with van der Waals surface area (Å²) in [4.78, 5) is 28.8. The van der Waals surface area contributed by atoms with Crippen molar-refractivity contribution in [2.24, 2.45) is 0 Å². The number of carbonyl (C=O) groups excluding carboxylic acids is 2. The van der Waals surface area contributed by atoms with Gasteiger partial charge in [0.25, 0.3) is 5.91 Å². The molecule has 11 heteroatoms. The van der Waals surface area contributed by atoms with Crippen molar-refractivity contribution in [3.05, 3.63) is 61.1 Å². The molecular formula is C24H25Cl2N4O3S2+. The number of likely N-dealkylation sites (tertiary alicyclic amines) is 1. The topological polar surface area (TPSA) is 95.6 Å². The molecule has 0 radical (unpaired) electrons. The van der Waals surface area contributed by atoms with Crippen LogP contribution in [-0.2, 0) is 0 Å². The molecule has 1 aliphatic heterocycles. The second-order valence-corrected chi connectivity index (χ2v) is 10.9. The van der Waals surface area contributed by atoms with E-state index in [9.17, 15) is 14.7 Å². The quantitative estimate of drug-likeness (QED) is 0.254. The number of nitrogens with zero attached hydrogens (tertiary/aromatic N) is 1. The third-order valence-electron chi connectivity index (χ3n) is 5.68. The molecule has 1 aromatic carbocycles. The van der Waals surface area contributed by atoms with Gasteiger partial charge in [0.2, 0.25) is 5.71 Å². The largest absolute Gasteiger partial charge is 0.506 e. The number of amides is 2. The van der Waals surface area contributed by atoms with E-state index in [4.69, 9.17) is 23.2 Å². The zero-order valence-electron chi connectivity index (χ0n) is 19.0. The van der Waals surface area contributed by atoms with Gasteiger partial charge in [0.05, 0.1) is 30.2 Å². The Morgan fingerprint density at radius 2 is 1.80 bits per heavy atom. The smallest absolute Gasteiger partial charge is 0.314 e. The molecule has 184 valence electrons. The number of hydrogen-bond acceptors (Lipinski definition) is 6. The predicted molar refractivity (Wildman–Crippen MR) is 142 cm³/mol. The summed E-state index contributed by atoms with van der Waals surface area (Å²) in [5, 5.41) is 19.1. The first-order chi connectivity index (χ1) is 16.8. The maximum Gasteiger partial charge on any atom is 0.314 e. The number of hydrazone groups is 1. The van der Waals surface area contributed by atoms with Crippen molar-refractivity contribution in [2.75, 3.05) is 26.2 Å². The molecular weight excluding hydrogens is 527 g/mol. The van der Waals surface area contributed by atoms with E-state index in [0.29, 0.717) is 42.5 Å². The summed E-state index contributed by atoms with van der Waals surface area (Å²) in [5.74, 6) is -0.469. The van der Waals surface area contributed by atoms with E-state index in [1.165, 1.54) is 24.2 Å². The van der Waals surface area contributed by atoms with Gasteiger partial charge in [-0.25, -0.2) is 0 Å². The Labute approximate surface area is 221 Å². The van der Waals surface area contributed by atoms with Crippen LogP contribution in [0.4, 0.5) is 0 Å². The van der Waals surface area contributed by atoms with Crippen molar-refractivity contribution >= 4 is 63.4 Å². The molecule has 2 amide bonds. The van der Waals surface area contributed by atoms with Crippen LogP contribution in [0.5, 0.6) is 5.75 Å². The molecule has 4 N–H and O–H groups in total. The van der Waals surface area contributed by atoms with E-state index in [1.807, 2.05) is 0 Å². The van der Waals surface area contributed by atoms with Crippen LogP contribution in [0.3, 0.4) is 0 Å². The van der Waals surface area contributed by atoms with Crippen molar-refractivity contribution in [1.82, 2.24) is 15.6 Å². The minimum atomic E-state index is -0.370. The molecule has 1 saturated heterocycles. The zero-order chi connectivity index (χ0) is 24.9. The number of hydrazine groups is 1. The lowest BCUT2D eigenvalue weighted by molar-refractivity contribution is -0.508. The summed E-state index contributed by atoms with van der Waals surface area (Å²) in [6, 6.07) is 8.42. The summed E-state index contributed by atoms with van der Waals surface area (Å²) in [7, 11) is 0. The first-order valence-electron chi connectivity index (χ1n) is 11.1. The van der Waals surface area contributed by atoms with Crippen LogP contribution in [0.1, 0.15) is 44.7 Å². The molecule has 0 aliphatic carbocycles. The first kappa shape index (κ1) is 25.7. The third kappa shape index (κ3) is 6.23. The van der Waals surface area contributed by atoms with Crippen molar-refractivity contribution < 1.29 is 19.8 Å². The van der Waals surface area contributed by atoms with Gasteiger partial charge < -0.3 is 15.3 Å². The highest BCUT2D eigenvalue weighted by molar-refractivity contribution is 7.16. The second-order valence-electron chi connectivity index (χ2n) is 8.13. The second kappa shape index (κ2) is 11.5. The Morgan fingerprint density at radius 3 is 2.51 bits per heavy atom. The highest BCUT2D eigenvalue weighted by atomic mass is 35.5. The van der Waals surface area contributed by atoms with Crippen LogP contribution in [0, 0.1) is 0 Å².